The van der Waals surface area contributed by atoms with E-state index in [0.717, 1.165) is 11.8 Å². The van der Waals surface area contributed by atoms with Gasteiger partial charge in [0.1, 0.15) is 11.6 Å². The Morgan fingerprint density at radius 2 is 2.11 bits per heavy atom. The van der Waals surface area contributed by atoms with Crippen LogP contribution in [0.5, 0.6) is 0 Å². The lowest BCUT2D eigenvalue weighted by atomic mass is 10.0. The Bertz CT molecular complexity index is 537. The van der Waals surface area contributed by atoms with Crippen LogP contribution in [0.15, 0.2) is 30.5 Å². The van der Waals surface area contributed by atoms with Crippen molar-refractivity contribution in [2.45, 2.75) is 19.5 Å². The zero-order chi connectivity index (χ0) is 13.1. The molecule has 0 amide bonds. The van der Waals surface area contributed by atoms with Crippen molar-refractivity contribution in [3.8, 4) is 0 Å². The maximum Gasteiger partial charge on any atom is 0.131 e. The molecule has 0 aliphatic carbocycles. The van der Waals surface area contributed by atoms with Gasteiger partial charge in [-0.15, -0.1) is 0 Å². The minimum Gasteiger partial charge on any atom is -0.308 e. The standard InChI is InChI=1S/C13H15F2N3/c1-3-18-12(6-7-17-18)13(16-2)10-5-4-9(14)8-11(10)15/h4-8,13,16H,3H2,1-2H3. The first kappa shape index (κ1) is 12.7. The Labute approximate surface area is 104 Å². The fraction of sp³-hybridized carbons (Fsp3) is 0.308. The number of rotatable bonds is 4. The summed E-state index contributed by atoms with van der Waals surface area (Å²) in [5.74, 6) is -1.13. The molecule has 0 saturated carbocycles. The van der Waals surface area contributed by atoms with Crippen LogP contribution < -0.4 is 5.32 Å². The molecule has 3 nitrogen and oxygen atoms in total. The first-order valence-corrected chi connectivity index (χ1v) is 5.81. The second kappa shape index (κ2) is 5.27. The second-order valence-electron chi connectivity index (χ2n) is 3.96. The summed E-state index contributed by atoms with van der Waals surface area (Å²) in [7, 11) is 1.74. The van der Waals surface area contributed by atoms with Gasteiger partial charge in [0, 0.05) is 24.4 Å². The fourth-order valence-electron chi connectivity index (χ4n) is 2.05. The summed E-state index contributed by atoms with van der Waals surface area (Å²) in [6.45, 7) is 2.66. The molecule has 1 atom stereocenters. The minimum atomic E-state index is -0.574. The average Bonchev–Trinajstić information content (AvgIpc) is 2.81. The van der Waals surface area contributed by atoms with E-state index in [2.05, 4.69) is 10.4 Å². The Balaban J connectivity index is 2.45. The number of hydrogen-bond acceptors (Lipinski definition) is 2. The van der Waals surface area contributed by atoms with Crippen molar-refractivity contribution in [3.05, 3.63) is 53.4 Å². The zero-order valence-corrected chi connectivity index (χ0v) is 10.3. The van der Waals surface area contributed by atoms with Gasteiger partial charge >= 0.3 is 0 Å². The zero-order valence-electron chi connectivity index (χ0n) is 10.3. The molecule has 2 aromatic rings. The number of halogens is 2. The third-order valence-corrected chi connectivity index (χ3v) is 2.91. The van der Waals surface area contributed by atoms with Crippen molar-refractivity contribution in [2.24, 2.45) is 0 Å². The van der Waals surface area contributed by atoms with Crippen LogP contribution in [0.4, 0.5) is 8.78 Å². The first-order valence-electron chi connectivity index (χ1n) is 5.81. The molecule has 18 heavy (non-hydrogen) atoms. The fourth-order valence-corrected chi connectivity index (χ4v) is 2.05. The molecule has 0 spiro atoms. The molecule has 1 aromatic carbocycles. The minimum absolute atomic E-state index is 0.340. The summed E-state index contributed by atoms with van der Waals surface area (Å²) in [6, 6.07) is 5.10. The highest BCUT2D eigenvalue weighted by molar-refractivity contribution is 5.29. The summed E-state index contributed by atoms with van der Waals surface area (Å²) in [6.07, 6.45) is 1.67. The van der Waals surface area contributed by atoms with E-state index in [4.69, 9.17) is 0 Å². The Morgan fingerprint density at radius 3 is 2.72 bits per heavy atom. The average molecular weight is 251 g/mol. The highest BCUT2D eigenvalue weighted by Gasteiger charge is 2.19. The van der Waals surface area contributed by atoms with Gasteiger partial charge in [-0.05, 0) is 26.1 Å². The van der Waals surface area contributed by atoms with Gasteiger partial charge < -0.3 is 5.32 Å². The summed E-state index contributed by atoms with van der Waals surface area (Å²) < 4.78 is 28.5. The Kier molecular flexibility index (Phi) is 3.72. The Morgan fingerprint density at radius 1 is 1.33 bits per heavy atom. The van der Waals surface area contributed by atoms with Crippen molar-refractivity contribution in [1.82, 2.24) is 15.1 Å². The molecule has 1 aromatic heterocycles. The third-order valence-electron chi connectivity index (χ3n) is 2.91. The lowest BCUT2D eigenvalue weighted by Crippen LogP contribution is -2.22. The number of hydrogen-bond donors (Lipinski definition) is 1. The monoisotopic (exact) mass is 251 g/mol. The second-order valence-corrected chi connectivity index (χ2v) is 3.96. The largest absolute Gasteiger partial charge is 0.308 e. The number of nitrogens with zero attached hydrogens (tertiary/aromatic N) is 2. The Hall–Kier alpha value is -1.75. The van der Waals surface area contributed by atoms with Gasteiger partial charge in [0.15, 0.2) is 0 Å². The topological polar surface area (TPSA) is 29.9 Å². The van der Waals surface area contributed by atoms with Crippen molar-refractivity contribution in [3.63, 3.8) is 0 Å². The van der Waals surface area contributed by atoms with Gasteiger partial charge in [-0.3, -0.25) is 4.68 Å². The van der Waals surface area contributed by atoms with E-state index < -0.39 is 11.6 Å². The summed E-state index contributed by atoms with van der Waals surface area (Å²) in [5.41, 5.74) is 1.26. The van der Waals surface area contributed by atoms with Gasteiger partial charge in [0.25, 0.3) is 0 Å². The number of aryl methyl sites for hydroxylation is 1. The summed E-state index contributed by atoms with van der Waals surface area (Å²) in [5, 5.41) is 7.19. The van der Waals surface area contributed by atoms with Gasteiger partial charge in [0.2, 0.25) is 0 Å². The molecule has 1 N–H and O–H groups in total. The quantitative estimate of drug-likeness (QED) is 0.904. The molecule has 96 valence electrons. The molecule has 0 aliphatic rings. The smallest absolute Gasteiger partial charge is 0.131 e. The third kappa shape index (κ3) is 2.26. The lowest BCUT2D eigenvalue weighted by Gasteiger charge is -2.18. The van der Waals surface area contributed by atoms with Crippen LogP contribution in [-0.4, -0.2) is 16.8 Å². The molecule has 0 saturated heterocycles. The molecular formula is C13H15F2N3. The number of nitrogens with one attached hydrogen (secondary N) is 1. The molecule has 0 radical (unpaired) electrons. The van der Waals surface area contributed by atoms with E-state index in [9.17, 15) is 8.78 Å². The van der Waals surface area contributed by atoms with Crippen molar-refractivity contribution >= 4 is 0 Å². The van der Waals surface area contributed by atoms with E-state index in [-0.39, 0.29) is 6.04 Å². The van der Waals surface area contributed by atoms with E-state index >= 15 is 0 Å². The molecule has 0 bridgehead atoms. The van der Waals surface area contributed by atoms with Crippen LogP contribution in [0.1, 0.15) is 24.2 Å². The highest BCUT2D eigenvalue weighted by atomic mass is 19.1. The predicted molar refractivity (Wildman–Crippen MR) is 65.2 cm³/mol. The number of aromatic nitrogens is 2. The van der Waals surface area contributed by atoms with Crippen LogP contribution in [0.25, 0.3) is 0 Å². The van der Waals surface area contributed by atoms with Crippen LogP contribution in [-0.2, 0) is 6.54 Å². The lowest BCUT2D eigenvalue weighted by molar-refractivity contribution is 0.523. The normalized spacial score (nSPS) is 12.7. The maximum absolute atomic E-state index is 13.8. The number of benzene rings is 1. The molecule has 0 aliphatic heterocycles. The van der Waals surface area contributed by atoms with E-state index in [1.54, 1.807) is 17.9 Å². The van der Waals surface area contributed by atoms with Gasteiger partial charge in [-0.25, -0.2) is 8.78 Å². The van der Waals surface area contributed by atoms with E-state index in [0.29, 0.717) is 12.1 Å². The first-order chi connectivity index (χ1) is 8.67. The molecule has 1 unspecified atom stereocenters. The molecular weight excluding hydrogens is 236 g/mol. The van der Waals surface area contributed by atoms with E-state index in [1.807, 2.05) is 13.0 Å². The summed E-state index contributed by atoms with van der Waals surface area (Å²) in [4.78, 5) is 0. The summed E-state index contributed by atoms with van der Waals surface area (Å²) >= 11 is 0. The van der Waals surface area contributed by atoms with Crippen molar-refractivity contribution in [2.75, 3.05) is 7.05 Å². The SMILES string of the molecule is CCn1nccc1C(NC)c1ccc(F)cc1F. The van der Waals surface area contributed by atoms with Crippen LogP contribution in [0.3, 0.4) is 0 Å². The van der Waals surface area contributed by atoms with Crippen LogP contribution in [0, 0.1) is 11.6 Å². The van der Waals surface area contributed by atoms with Gasteiger partial charge in [-0.2, -0.15) is 5.10 Å². The molecule has 2 rings (SSSR count). The van der Waals surface area contributed by atoms with Crippen LogP contribution >= 0.6 is 0 Å². The molecule has 0 fully saturated rings. The van der Waals surface area contributed by atoms with E-state index in [1.165, 1.54) is 12.1 Å². The molecule has 1 heterocycles. The van der Waals surface area contributed by atoms with Gasteiger partial charge in [-0.1, -0.05) is 6.07 Å². The molecule has 5 heteroatoms. The maximum atomic E-state index is 13.8. The predicted octanol–water partition coefficient (Wildman–Crippen LogP) is 2.49. The highest BCUT2D eigenvalue weighted by Crippen LogP contribution is 2.24. The van der Waals surface area contributed by atoms with Crippen molar-refractivity contribution in [1.29, 1.82) is 0 Å². The van der Waals surface area contributed by atoms with Crippen LogP contribution in [0.2, 0.25) is 0 Å². The van der Waals surface area contributed by atoms with Crippen molar-refractivity contribution < 1.29 is 8.78 Å². The van der Waals surface area contributed by atoms with Gasteiger partial charge in [0.05, 0.1) is 11.7 Å².